The normalized spacial score (nSPS) is 30.8. The Morgan fingerprint density at radius 2 is 1.85 bits per heavy atom. The summed E-state index contributed by atoms with van der Waals surface area (Å²) in [7, 11) is 0. The molecule has 1 amide bonds. The topological polar surface area (TPSA) is 64.3 Å². The molecule has 2 rings (SSSR count). The van der Waals surface area contributed by atoms with Crippen LogP contribution in [0.25, 0.3) is 0 Å². The van der Waals surface area contributed by atoms with Gasteiger partial charge in [-0.1, -0.05) is 26.7 Å². The van der Waals surface area contributed by atoms with Gasteiger partial charge in [-0.25, -0.2) is 0 Å². The standard InChI is InChI=1S/C16H30N2O2/c1-4-15(5-2)12(11-13(15)20-6-3)18-14(19)16(17)9-7-8-10-16/h12-13H,4-11,17H2,1-3H3,(H,18,19). The Labute approximate surface area is 122 Å². The lowest BCUT2D eigenvalue weighted by molar-refractivity contribution is -0.151. The van der Waals surface area contributed by atoms with E-state index in [-0.39, 0.29) is 23.5 Å². The van der Waals surface area contributed by atoms with Crippen LogP contribution >= 0.6 is 0 Å². The smallest absolute Gasteiger partial charge is 0.240 e. The molecule has 116 valence electrons. The molecule has 2 fully saturated rings. The van der Waals surface area contributed by atoms with Gasteiger partial charge in [0.15, 0.2) is 0 Å². The van der Waals surface area contributed by atoms with Gasteiger partial charge >= 0.3 is 0 Å². The predicted molar refractivity (Wildman–Crippen MR) is 80.4 cm³/mol. The number of amides is 1. The molecule has 2 unspecified atom stereocenters. The zero-order valence-electron chi connectivity index (χ0n) is 13.2. The van der Waals surface area contributed by atoms with Gasteiger partial charge in [0.25, 0.3) is 0 Å². The average molecular weight is 282 g/mol. The van der Waals surface area contributed by atoms with Crippen LogP contribution in [0.4, 0.5) is 0 Å². The summed E-state index contributed by atoms with van der Waals surface area (Å²) >= 11 is 0. The number of nitrogens with one attached hydrogen (secondary N) is 1. The molecular weight excluding hydrogens is 252 g/mol. The summed E-state index contributed by atoms with van der Waals surface area (Å²) < 4.78 is 5.86. The third-order valence-corrected chi connectivity index (χ3v) is 5.72. The van der Waals surface area contributed by atoms with E-state index in [1.807, 2.05) is 6.92 Å². The maximum absolute atomic E-state index is 12.5. The van der Waals surface area contributed by atoms with Crippen molar-refractivity contribution in [2.24, 2.45) is 11.1 Å². The van der Waals surface area contributed by atoms with Gasteiger partial charge in [0.2, 0.25) is 5.91 Å². The van der Waals surface area contributed by atoms with E-state index in [0.717, 1.165) is 51.6 Å². The molecular formula is C16H30N2O2. The highest BCUT2D eigenvalue weighted by Crippen LogP contribution is 2.49. The fourth-order valence-corrected chi connectivity index (χ4v) is 4.12. The lowest BCUT2D eigenvalue weighted by Gasteiger charge is -2.55. The molecule has 2 aliphatic rings. The fourth-order valence-electron chi connectivity index (χ4n) is 4.12. The minimum Gasteiger partial charge on any atom is -0.378 e. The van der Waals surface area contributed by atoms with Crippen molar-refractivity contribution in [3.8, 4) is 0 Å². The van der Waals surface area contributed by atoms with E-state index in [0.29, 0.717) is 0 Å². The molecule has 0 aliphatic heterocycles. The number of rotatable bonds is 6. The molecule has 0 saturated heterocycles. The second-order valence-electron chi connectivity index (χ2n) is 6.51. The van der Waals surface area contributed by atoms with Crippen LogP contribution in [0, 0.1) is 5.41 Å². The molecule has 0 bridgehead atoms. The molecule has 20 heavy (non-hydrogen) atoms. The minimum atomic E-state index is -0.621. The van der Waals surface area contributed by atoms with E-state index in [4.69, 9.17) is 10.5 Å². The van der Waals surface area contributed by atoms with Crippen LogP contribution in [-0.4, -0.2) is 30.2 Å². The first-order chi connectivity index (χ1) is 9.52. The number of hydrogen-bond donors (Lipinski definition) is 2. The van der Waals surface area contributed by atoms with Crippen molar-refractivity contribution in [1.82, 2.24) is 5.32 Å². The second kappa shape index (κ2) is 6.02. The predicted octanol–water partition coefficient (Wildman–Crippen LogP) is 2.36. The number of nitrogens with two attached hydrogens (primary N) is 1. The van der Waals surface area contributed by atoms with Crippen LogP contribution in [0.2, 0.25) is 0 Å². The van der Waals surface area contributed by atoms with Crippen molar-refractivity contribution in [2.45, 2.75) is 83.4 Å². The third-order valence-electron chi connectivity index (χ3n) is 5.72. The Kier molecular flexibility index (Phi) is 4.75. The highest BCUT2D eigenvalue weighted by molar-refractivity contribution is 5.86. The monoisotopic (exact) mass is 282 g/mol. The number of hydrogen-bond acceptors (Lipinski definition) is 3. The van der Waals surface area contributed by atoms with Crippen molar-refractivity contribution in [3.05, 3.63) is 0 Å². The van der Waals surface area contributed by atoms with Crippen molar-refractivity contribution in [3.63, 3.8) is 0 Å². The van der Waals surface area contributed by atoms with Crippen LogP contribution in [-0.2, 0) is 9.53 Å². The van der Waals surface area contributed by atoms with E-state index >= 15 is 0 Å². The first-order valence-electron chi connectivity index (χ1n) is 8.24. The molecule has 2 saturated carbocycles. The first kappa shape index (κ1) is 15.8. The van der Waals surface area contributed by atoms with E-state index in [2.05, 4.69) is 19.2 Å². The zero-order valence-corrected chi connectivity index (χ0v) is 13.2. The van der Waals surface area contributed by atoms with Gasteiger partial charge in [0.1, 0.15) is 0 Å². The quantitative estimate of drug-likeness (QED) is 0.786. The number of ether oxygens (including phenoxy) is 1. The van der Waals surface area contributed by atoms with Crippen LogP contribution in [0.1, 0.15) is 65.7 Å². The highest BCUT2D eigenvalue weighted by atomic mass is 16.5. The van der Waals surface area contributed by atoms with Crippen LogP contribution < -0.4 is 11.1 Å². The maximum atomic E-state index is 12.5. The van der Waals surface area contributed by atoms with Gasteiger partial charge in [0, 0.05) is 18.1 Å². The fraction of sp³-hybridized carbons (Fsp3) is 0.938. The van der Waals surface area contributed by atoms with Gasteiger partial charge in [0.05, 0.1) is 11.6 Å². The summed E-state index contributed by atoms with van der Waals surface area (Å²) in [5.74, 6) is 0.0567. The molecule has 2 aliphatic carbocycles. The van der Waals surface area contributed by atoms with E-state index < -0.39 is 5.54 Å². The lowest BCUT2D eigenvalue weighted by Crippen LogP contribution is -2.67. The average Bonchev–Trinajstić information content (AvgIpc) is 2.87. The van der Waals surface area contributed by atoms with Gasteiger partial charge in [-0.05, 0) is 39.0 Å². The Hall–Kier alpha value is -0.610. The van der Waals surface area contributed by atoms with E-state index in [9.17, 15) is 4.79 Å². The number of carbonyl (C=O) groups is 1. The molecule has 0 heterocycles. The number of carbonyl (C=O) groups excluding carboxylic acids is 1. The minimum absolute atomic E-state index is 0.0567. The molecule has 0 aromatic carbocycles. The molecule has 0 aromatic heterocycles. The van der Waals surface area contributed by atoms with Gasteiger partial charge in [-0.2, -0.15) is 0 Å². The van der Waals surface area contributed by atoms with Crippen molar-refractivity contribution in [1.29, 1.82) is 0 Å². The zero-order chi connectivity index (χ0) is 14.8. The summed E-state index contributed by atoms with van der Waals surface area (Å²) in [6.45, 7) is 7.17. The summed E-state index contributed by atoms with van der Waals surface area (Å²) in [6, 6.07) is 0.225. The van der Waals surface area contributed by atoms with Crippen molar-refractivity contribution >= 4 is 5.91 Å². The van der Waals surface area contributed by atoms with E-state index in [1.54, 1.807) is 0 Å². The highest BCUT2D eigenvalue weighted by Gasteiger charge is 2.54. The summed E-state index contributed by atoms with van der Waals surface area (Å²) in [5.41, 5.74) is 5.73. The molecule has 2 atom stereocenters. The molecule has 4 nitrogen and oxygen atoms in total. The van der Waals surface area contributed by atoms with Crippen molar-refractivity contribution in [2.75, 3.05) is 6.61 Å². The Morgan fingerprint density at radius 1 is 1.25 bits per heavy atom. The van der Waals surface area contributed by atoms with Crippen LogP contribution in [0.3, 0.4) is 0 Å². The lowest BCUT2D eigenvalue weighted by atomic mass is 9.58. The SMILES string of the molecule is CCOC1CC(NC(=O)C2(N)CCCC2)C1(CC)CC. The molecule has 0 radical (unpaired) electrons. The third kappa shape index (κ3) is 2.48. The Bertz CT molecular complexity index is 346. The van der Waals surface area contributed by atoms with Crippen LogP contribution in [0.15, 0.2) is 0 Å². The van der Waals surface area contributed by atoms with Crippen molar-refractivity contribution < 1.29 is 9.53 Å². The molecule has 0 spiro atoms. The summed E-state index contributed by atoms with van der Waals surface area (Å²) in [6.07, 6.45) is 7.08. The summed E-state index contributed by atoms with van der Waals surface area (Å²) in [5, 5.41) is 3.24. The summed E-state index contributed by atoms with van der Waals surface area (Å²) in [4.78, 5) is 12.5. The molecule has 3 N–H and O–H groups in total. The second-order valence-corrected chi connectivity index (χ2v) is 6.51. The Morgan fingerprint density at radius 3 is 2.35 bits per heavy atom. The molecule has 4 heteroatoms. The van der Waals surface area contributed by atoms with Gasteiger partial charge < -0.3 is 15.8 Å². The maximum Gasteiger partial charge on any atom is 0.240 e. The van der Waals surface area contributed by atoms with Gasteiger partial charge in [-0.15, -0.1) is 0 Å². The van der Waals surface area contributed by atoms with E-state index in [1.165, 1.54) is 0 Å². The molecule has 0 aromatic rings. The Balaban J connectivity index is 2.00. The van der Waals surface area contributed by atoms with Gasteiger partial charge in [-0.3, -0.25) is 4.79 Å². The first-order valence-corrected chi connectivity index (χ1v) is 8.24. The van der Waals surface area contributed by atoms with Crippen LogP contribution in [0.5, 0.6) is 0 Å². The largest absolute Gasteiger partial charge is 0.378 e.